The predicted octanol–water partition coefficient (Wildman–Crippen LogP) is 2.61. The number of amides is 2. The van der Waals surface area contributed by atoms with Gasteiger partial charge in [-0.3, -0.25) is 9.78 Å². The van der Waals surface area contributed by atoms with Gasteiger partial charge in [0.1, 0.15) is 5.60 Å². The summed E-state index contributed by atoms with van der Waals surface area (Å²) in [5, 5.41) is 2.75. The van der Waals surface area contributed by atoms with E-state index in [0.717, 1.165) is 24.0 Å². The molecular weight excluding hydrogens is 318 g/mol. The number of pyridine rings is 1. The summed E-state index contributed by atoms with van der Waals surface area (Å²) in [5.41, 5.74) is 1.17. The molecule has 0 spiro atoms. The number of alkyl carbamates (subject to hydrolysis) is 1. The maximum atomic E-state index is 12.9. The molecule has 1 aliphatic heterocycles. The van der Waals surface area contributed by atoms with Gasteiger partial charge in [0.05, 0.1) is 5.41 Å². The van der Waals surface area contributed by atoms with Crippen molar-refractivity contribution >= 4 is 17.6 Å². The van der Waals surface area contributed by atoms with E-state index in [4.69, 9.17) is 4.74 Å². The first-order valence-electron chi connectivity index (χ1n) is 8.65. The van der Waals surface area contributed by atoms with Crippen LogP contribution in [-0.4, -0.2) is 47.1 Å². The monoisotopic (exact) mass is 343 g/mol. The van der Waals surface area contributed by atoms with Gasteiger partial charge in [-0.1, -0.05) is 12.1 Å². The Hall–Kier alpha value is -2.37. The molecule has 1 N–H and O–H groups in total. The molecule has 134 valence electrons. The third-order valence-corrected chi connectivity index (χ3v) is 4.52. The summed E-state index contributed by atoms with van der Waals surface area (Å²) in [4.78, 5) is 30.7. The molecule has 3 rings (SSSR count). The van der Waals surface area contributed by atoms with Gasteiger partial charge in [-0.15, -0.1) is 0 Å². The van der Waals surface area contributed by atoms with Gasteiger partial charge in [-0.05, 0) is 50.8 Å². The fourth-order valence-corrected chi connectivity index (χ4v) is 2.98. The summed E-state index contributed by atoms with van der Waals surface area (Å²) >= 11 is 0. The lowest BCUT2D eigenvalue weighted by atomic mass is 10.1. The Kier molecular flexibility index (Phi) is 4.54. The summed E-state index contributed by atoms with van der Waals surface area (Å²) in [6.07, 6.45) is 6.77. The highest BCUT2D eigenvalue weighted by atomic mass is 16.6. The van der Waals surface area contributed by atoms with Crippen molar-refractivity contribution in [2.75, 3.05) is 19.6 Å². The van der Waals surface area contributed by atoms with Crippen LogP contribution in [0.2, 0.25) is 0 Å². The van der Waals surface area contributed by atoms with Gasteiger partial charge >= 0.3 is 6.09 Å². The van der Waals surface area contributed by atoms with Crippen LogP contribution in [0.5, 0.6) is 0 Å². The number of ether oxygens (including phenoxy) is 1. The maximum Gasteiger partial charge on any atom is 0.407 e. The Balaban J connectivity index is 1.54. The predicted molar refractivity (Wildman–Crippen MR) is 94.7 cm³/mol. The zero-order valence-corrected chi connectivity index (χ0v) is 15.0. The molecule has 2 amide bonds. The van der Waals surface area contributed by atoms with E-state index in [1.165, 1.54) is 0 Å². The summed E-state index contributed by atoms with van der Waals surface area (Å²) in [6.45, 7) is 7.00. The lowest BCUT2D eigenvalue weighted by molar-refractivity contribution is -0.135. The van der Waals surface area contributed by atoms with Crippen molar-refractivity contribution in [1.29, 1.82) is 0 Å². The zero-order valence-electron chi connectivity index (χ0n) is 15.0. The molecule has 2 heterocycles. The van der Waals surface area contributed by atoms with Crippen LogP contribution in [0.4, 0.5) is 4.79 Å². The van der Waals surface area contributed by atoms with E-state index in [9.17, 15) is 9.59 Å². The number of nitrogens with one attached hydrogen (secondary N) is 1. The van der Waals surface area contributed by atoms with Gasteiger partial charge in [0.25, 0.3) is 0 Å². The van der Waals surface area contributed by atoms with E-state index < -0.39 is 17.1 Å². The second kappa shape index (κ2) is 6.50. The molecule has 1 aromatic heterocycles. The molecular formula is C19H25N3O3. The van der Waals surface area contributed by atoms with Gasteiger partial charge in [-0.2, -0.15) is 0 Å². The molecule has 0 atom stereocenters. The van der Waals surface area contributed by atoms with Crippen molar-refractivity contribution in [2.24, 2.45) is 5.41 Å². The molecule has 6 nitrogen and oxygen atoms in total. The van der Waals surface area contributed by atoms with Crippen molar-refractivity contribution in [3.8, 4) is 0 Å². The molecule has 2 aliphatic rings. The lowest BCUT2D eigenvalue weighted by Gasteiger charge is -2.25. The van der Waals surface area contributed by atoms with Crippen LogP contribution in [0.15, 0.2) is 30.6 Å². The number of nitrogens with zero attached hydrogens (tertiary/aromatic N) is 2. The second-order valence-electron chi connectivity index (χ2n) is 7.79. The maximum absolute atomic E-state index is 12.9. The summed E-state index contributed by atoms with van der Waals surface area (Å²) in [5.74, 6) is 0.110. The van der Waals surface area contributed by atoms with Gasteiger partial charge in [0.15, 0.2) is 0 Å². The minimum Gasteiger partial charge on any atom is -0.444 e. The van der Waals surface area contributed by atoms with Crippen LogP contribution in [0.1, 0.15) is 39.2 Å². The van der Waals surface area contributed by atoms with Crippen molar-refractivity contribution in [3.05, 3.63) is 36.2 Å². The number of carbonyl (C=O) groups is 2. The van der Waals surface area contributed by atoms with Crippen LogP contribution in [-0.2, 0) is 9.53 Å². The quantitative estimate of drug-likeness (QED) is 0.912. The van der Waals surface area contributed by atoms with Gasteiger partial charge in [0.2, 0.25) is 5.91 Å². The molecule has 0 radical (unpaired) electrons. The highest BCUT2D eigenvalue weighted by Gasteiger charge is 2.52. The SMILES string of the molecule is CC(C)(C)OC(=O)NCC1(C(=O)N2CC=C(c3cccnc3)C2)CC1. The molecule has 0 aromatic carbocycles. The number of rotatable bonds is 4. The molecule has 1 aliphatic carbocycles. The molecule has 25 heavy (non-hydrogen) atoms. The van der Waals surface area contributed by atoms with Crippen molar-refractivity contribution in [1.82, 2.24) is 15.2 Å². The number of carbonyl (C=O) groups excluding carboxylic acids is 2. The van der Waals surface area contributed by atoms with E-state index in [1.54, 1.807) is 6.20 Å². The number of hydrogen-bond acceptors (Lipinski definition) is 4. The minimum absolute atomic E-state index is 0.110. The van der Waals surface area contributed by atoms with Crippen molar-refractivity contribution < 1.29 is 14.3 Å². The van der Waals surface area contributed by atoms with Crippen LogP contribution in [0.25, 0.3) is 5.57 Å². The standard InChI is InChI=1S/C19H25N3O3/c1-18(2,3)25-17(24)21-13-19(7-8-19)16(23)22-10-6-15(12-22)14-5-4-9-20-11-14/h4-6,9,11H,7-8,10,12-13H2,1-3H3,(H,21,24). The largest absolute Gasteiger partial charge is 0.444 e. The van der Waals surface area contributed by atoms with E-state index in [2.05, 4.69) is 16.4 Å². The molecule has 0 bridgehead atoms. The van der Waals surface area contributed by atoms with E-state index in [1.807, 2.05) is 44.0 Å². The molecule has 0 unspecified atom stereocenters. The first-order chi connectivity index (χ1) is 11.8. The fourth-order valence-electron chi connectivity index (χ4n) is 2.98. The van der Waals surface area contributed by atoms with Gasteiger partial charge in [0, 0.05) is 32.0 Å². The lowest BCUT2D eigenvalue weighted by Crippen LogP contribution is -2.43. The topological polar surface area (TPSA) is 71.5 Å². The normalized spacial score (nSPS) is 18.5. The molecule has 6 heteroatoms. The molecule has 0 saturated heterocycles. The summed E-state index contributed by atoms with van der Waals surface area (Å²) < 4.78 is 5.25. The number of aromatic nitrogens is 1. The van der Waals surface area contributed by atoms with Gasteiger partial charge < -0.3 is 15.0 Å². The van der Waals surface area contributed by atoms with E-state index in [0.29, 0.717) is 19.6 Å². The fraction of sp³-hybridized carbons (Fsp3) is 0.526. The van der Waals surface area contributed by atoms with Crippen LogP contribution >= 0.6 is 0 Å². The Morgan fingerprint density at radius 1 is 1.36 bits per heavy atom. The van der Waals surface area contributed by atoms with Crippen LogP contribution in [0, 0.1) is 5.41 Å². The molecule has 1 aromatic rings. The molecule has 1 saturated carbocycles. The Morgan fingerprint density at radius 3 is 2.72 bits per heavy atom. The minimum atomic E-state index is -0.539. The van der Waals surface area contributed by atoms with E-state index >= 15 is 0 Å². The first-order valence-corrected chi connectivity index (χ1v) is 8.65. The van der Waals surface area contributed by atoms with Crippen LogP contribution < -0.4 is 5.32 Å². The average Bonchev–Trinajstić information content (AvgIpc) is 3.19. The van der Waals surface area contributed by atoms with E-state index in [-0.39, 0.29) is 5.91 Å². The van der Waals surface area contributed by atoms with Crippen LogP contribution in [0.3, 0.4) is 0 Å². The van der Waals surface area contributed by atoms with Crippen molar-refractivity contribution in [2.45, 2.75) is 39.2 Å². The van der Waals surface area contributed by atoms with Crippen molar-refractivity contribution in [3.63, 3.8) is 0 Å². The molecule has 1 fully saturated rings. The first kappa shape index (κ1) is 17.5. The summed E-state index contributed by atoms with van der Waals surface area (Å²) in [6, 6.07) is 3.90. The second-order valence-corrected chi connectivity index (χ2v) is 7.79. The third kappa shape index (κ3) is 4.18. The summed E-state index contributed by atoms with van der Waals surface area (Å²) in [7, 11) is 0. The zero-order chi connectivity index (χ0) is 18.1. The highest BCUT2D eigenvalue weighted by molar-refractivity contribution is 5.89. The Labute approximate surface area is 148 Å². The smallest absolute Gasteiger partial charge is 0.407 e. The highest BCUT2D eigenvalue weighted by Crippen LogP contribution is 2.47. The third-order valence-electron chi connectivity index (χ3n) is 4.52. The average molecular weight is 343 g/mol. The Bertz CT molecular complexity index is 688. The number of hydrogen-bond donors (Lipinski definition) is 1. The Morgan fingerprint density at radius 2 is 2.12 bits per heavy atom. The van der Waals surface area contributed by atoms with Gasteiger partial charge in [-0.25, -0.2) is 4.79 Å².